The minimum atomic E-state index is 0.507. The summed E-state index contributed by atoms with van der Waals surface area (Å²) in [5.74, 6) is 1.29. The number of ether oxygens (including phenoxy) is 2. The fourth-order valence-corrected chi connectivity index (χ4v) is 1.79. The van der Waals surface area contributed by atoms with Crippen LogP contribution in [0.4, 0.5) is 5.95 Å². The summed E-state index contributed by atoms with van der Waals surface area (Å²) in [6.45, 7) is 4.03. The summed E-state index contributed by atoms with van der Waals surface area (Å²) in [5, 5.41) is 0. The fourth-order valence-electron chi connectivity index (χ4n) is 1.79. The van der Waals surface area contributed by atoms with Crippen LogP contribution in [0.25, 0.3) is 11.0 Å². The molecule has 0 amide bonds. The van der Waals surface area contributed by atoms with Gasteiger partial charge in [0.1, 0.15) is 5.75 Å². The summed E-state index contributed by atoms with van der Waals surface area (Å²) in [4.78, 5) is 4.31. The predicted octanol–water partition coefficient (Wildman–Crippen LogP) is 1.66. The molecule has 0 aliphatic heterocycles. The van der Waals surface area contributed by atoms with Crippen molar-refractivity contribution < 1.29 is 9.47 Å². The molecule has 92 valence electrons. The summed E-state index contributed by atoms with van der Waals surface area (Å²) in [6.07, 6.45) is 0. The molecule has 5 nitrogen and oxygen atoms in total. The molecular formula is C12H17N3O2. The monoisotopic (exact) mass is 235 g/mol. The number of nitrogen functional groups attached to an aromatic ring is 1. The maximum Gasteiger partial charge on any atom is 0.201 e. The summed E-state index contributed by atoms with van der Waals surface area (Å²) >= 11 is 0. The largest absolute Gasteiger partial charge is 0.497 e. The summed E-state index contributed by atoms with van der Waals surface area (Å²) in [7, 11) is 1.64. The molecule has 0 aliphatic carbocycles. The minimum absolute atomic E-state index is 0.507. The van der Waals surface area contributed by atoms with Crippen LogP contribution in [0.1, 0.15) is 6.92 Å². The lowest BCUT2D eigenvalue weighted by Crippen LogP contribution is -2.08. The molecule has 1 aromatic carbocycles. The van der Waals surface area contributed by atoms with Gasteiger partial charge in [-0.05, 0) is 19.1 Å². The molecule has 17 heavy (non-hydrogen) atoms. The number of fused-ring (bicyclic) bond motifs is 1. The molecule has 0 saturated heterocycles. The number of anilines is 1. The van der Waals surface area contributed by atoms with Gasteiger partial charge < -0.3 is 19.8 Å². The SMILES string of the molecule is CCOCCn1c(N)nc2cc(OC)ccc21. The van der Waals surface area contributed by atoms with E-state index in [9.17, 15) is 0 Å². The van der Waals surface area contributed by atoms with E-state index in [0.29, 0.717) is 25.7 Å². The van der Waals surface area contributed by atoms with E-state index >= 15 is 0 Å². The number of hydrogen-bond acceptors (Lipinski definition) is 4. The molecule has 1 heterocycles. The van der Waals surface area contributed by atoms with Crippen LogP contribution in [-0.2, 0) is 11.3 Å². The zero-order chi connectivity index (χ0) is 12.3. The van der Waals surface area contributed by atoms with Crippen molar-refractivity contribution in [3.8, 4) is 5.75 Å². The topological polar surface area (TPSA) is 62.3 Å². The Labute approximate surface area is 100 Å². The molecule has 1 aromatic heterocycles. The van der Waals surface area contributed by atoms with Crippen molar-refractivity contribution in [2.75, 3.05) is 26.1 Å². The highest BCUT2D eigenvalue weighted by atomic mass is 16.5. The second kappa shape index (κ2) is 5.05. The minimum Gasteiger partial charge on any atom is -0.497 e. The number of nitrogens with zero attached hydrogens (tertiary/aromatic N) is 2. The lowest BCUT2D eigenvalue weighted by Gasteiger charge is -2.06. The van der Waals surface area contributed by atoms with Crippen LogP contribution in [0.3, 0.4) is 0 Å². The number of imidazole rings is 1. The van der Waals surface area contributed by atoms with Crippen molar-refractivity contribution in [1.82, 2.24) is 9.55 Å². The highest BCUT2D eigenvalue weighted by Crippen LogP contribution is 2.22. The molecule has 0 fully saturated rings. The third-order valence-electron chi connectivity index (χ3n) is 2.65. The van der Waals surface area contributed by atoms with Crippen molar-refractivity contribution >= 4 is 17.0 Å². The fraction of sp³-hybridized carbons (Fsp3) is 0.417. The van der Waals surface area contributed by atoms with Crippen LogP contribution in [0.2, 0.25) is 0 Å². The molecule has 0 aliphatic rings. The second-order valence-corrected chi connectivity index (χ2v) is 3.67. The Morgan fingerprint density at radius 3 is 2.94 bits per heavy atom. The Balaban J connectivity index is 2.31. The molecule has 0 bridgehead atoms. The Morgan fingerprint density at radius 2 is 2.24 bits per heavy atom. The van der Waals surface area contributed by atoms with Gasteiger partial charge >= 0.3 is 0 Å². The lowest BCUT2D eigenvalue weighted by atomic mass is 10.3. The van der Waals surface area contributed by atoms with E-state index in [2.05, 4.69) is 4.98 Å². The Morgan fingerprint density at radius 1 is 1.41 bits per heavy atom. The van der Waals surface area contributed by atoms with Gasteiger partial charge in [-0.1, -0.05) is 0 Å². The van der Waals surface area contributed by atoms with Crippen LogP contribution in [0.5, 0.6) is 5.75 Å². The van der Waals surface area contributed by atoms with Gasteiger partial charge in [-0.3, -0.25) is 0 Å². The van der Waals surface area contributed by atoms with Gasteiger partial charge in [0.2, 0.25) is 5.95 Å². The van der Waals surface area contributed by atoms with Crippen molar-refractivity contribution in [3.05, 3.63) is 18.2 Å². The maximum atomic E-state index is 5.88. The summed E-state index contributed by atoms with van der Waals surface area (Å²) < 4.78 is 12.4. The second-order valence-electron chi connectivity index (χ2n) is 3.67. The number of rotatable bonds is 5. The Kier molecular flexibility index (Phi) is 3.49. The van der Waals surface area contributed by atoms with Crippen LogP contribution in [-0.4, -0.2) is 29.9 Å². The highest BCUT2D eigenvalue weighted by molar-refractivity contribution is 5.79. The van der Waals surface area contributed by atoms with E-state index in [1.54, 1.807) is 7.11 Å². The lowest BCUT2D eigenvalue weighted by molar-refractivity contribution is 0.140. The number of benzene rings is 1. The van der Waals surface area contributed by atoms with Gasteiger partial charge in [0, 0.05) is 19.2 Å². The molecule has 2 rings (SSSR count). The van der Waals surface area contributed by atoms with Crippen LogP contribution in [0, 0.1) is 0 Å². The average Bonchev–Trinajstić information content (AvgIpc) is 2.65. The van der Waals surface area contributed by atoms with Crippen LogP contribution < -0.4 is 10.5 Å². The summed E-state index contributed by atoms with van der Waals surface area (Å²) in [5.41, 5.74) is 7.73. The molecule has 0 radical (unpaired) electrons. The molecule has 2 N–H and O–H groups in total. The Hall–Kier alpha value is -1.75. The van der Waals surface area contributed by atoms with Gasteiger partial charge in [0.05, 0.1) is 24.8 Å². The number of methoxy groups -OCH3 is 1. The van der Waals surface area contributed by atoms with E-state index in [1.807, 2.05) is 29.7 Å². The zero-order valence-electron chi connectivity index (χ0n) is 10.1. The van der Waals surface area contributed by atoms with Gasteiger partial charge in [0.25, 0.3) is 0 Å². The van der Waals surface area contributed by atoms with Crippen molar-refractivity contribution in [2.24, 2.45) is 0 Å². The molecule has 0 spiro atoms. The third kappa shape index (κ3) is 2.34. The smallest absolute Gasteiger partial charge is 0.201 e. The number of hydrogen-bond donors (Lipinski definition) is 1. The van der Waals surface area contributed by atoms with Crippen molar-refractivity contribution in [3.63, 3.8) is 0 Å². The molecule has 0 atom stereocenters. The van der Waals surface area contributed by atoms with Gasteiger partial charge in [-0.15, -0.1) is 0 Å². The number of aromatic nitrogens is 2. The first kappa shape index (κ1) is 11.7. The highest BCUT2D eigenvalue weighted by Gasteiger charge is 2.08. The Bertz CT molecular complexity index is 508. The quantitative estimate of drug-likeness (QED) is 0.801. The van der Waals surface area contributed by atoms with Crippen LogP contribution in [0.15, 0.2) is 18.2 Å². The first-order chi connectivity index (χ1) is 8.26. The van der Waals surface area contributed by atoms with Gasteiger partial charge in [-0.2, -0.15) is 0 Å². The molecular weight excluding hydrogens is 218 g/mol. The van der Waals surface area contributed by atoms with Gasteiger partial charge in [0.15, 0.2) is 0 Å². The van der Waals surface area contributed by atoms with E-state index in [1.165, 1.54) is 0 Å². The maximum absolute atomic E-state index is 5.88. The van der Waals surface area contributed by atoms with E-state index in [4.69, 9.17) is 15.2 Å². The van der Waals surface area contributed by atoms with E-state index in [-0.39, 0.29) is 0 Å². The first-order valence-corrected chi connectivity index (χ1v) is 5.63. The normalized spacial score (nSPS) is 10.9. The first-order valence-electron chi connectivity index (χ1n) is 5.63. The molecule has 0 unspecified atom stereocenters. The molecule has 2 aromatic rings. The third-order valence-corrected chi connectivity index (χ3v) is 2.65. The van der Waals surface area contributed by atoms with Gasteiger partial charge in [-0.25, -0.2) is 4.98 Å². The molecule has 5 heteroatoms. The molecule has 0 saturated carbocycles. The average molecular weight is 235 g/mol. The van der Waals surface area contributed by atoms with E-state index < -0.39 is 0 Å². The predicted molar refractivity (Wildman–Crippen MR) is 67.2 cm³/mol. The van der Waals surface area contributed by atoms with E-state index in [0.717, 1.165) is 16.8 Å². The van der Waals surface area contributed by atoms with Crippen molar-refractivity contribution in [2.45, 2.75) is 13.5 Å². The standard InChI is InChI=1S/C12H17N3O2/c1-3-17-7-6-15-11-5-4-9(16-2)8-10(11)14-12(15)13/h4-5,8H,3,6-7H2,1-2H3,(H2,13,14). The van der Waals surface area contributed by atoms with Crippen molar-refractivity contribution in [1.29, 1.82) is 0 Å². The number of nitrogens with two attached hydrogens (primary N) is 1. The summed E-state index contributed by atoms with van der Waals surface area (Å²) in [6, 6.07) is 5.74. The zero-order valence-corrected chi connectivity index (χ0v) is 10.1. The van der Waals surface area contributed by atoms with Crippen LogP contribution >= 0.6 is 0 Å².